The van der Waals surface area contributed by atoms with Gasteiger partial charge in [0.2, 0.25) is 10.0 Å². The van der Waals surface area contributed by atoms with E-state index in [4.69, 9.17) is 0 Å². The molecule has 0 amide bonds. The Morgan fingerprint density at radius 2 is 2.00 bits per heavy atom. The monoisotopic (exact) mass is 301 g/mol. The van der Waals surface area contributed by atoms with Crippen LogP contribution in [0.4, 0.5) is 0 Å². The lowest BCUT2D eigenvalue weighted by atomic mass is 10.1. The Balaban J connectivity index is 1.93. The Morgan fingerprint density at radius 3 is 2.62 bits per heavy atom. The number of hydrogen-bond donors (Lipinski definition) is 0. The zero-order valence-corrected chi connectivity index (χ0v) is 11.1. The van der Waals surface area contributed by atoms with Gasteiger partial charge in [-0.1, -0.05) is 28.1 Å². The molecule has 86 valence electrons. The number of benzene rings is 1. The summed E-state index contributed by atoms with van der Waals surface area (Å²) in [7, 11) is -3.04. The minimum absolute atomic E-state index is 0.111. The summed E-state index contributed by atoms with van der Waals surface area (Å²) >= 11 is 3.47. The number of hydrogen-bond acceptors (Lipinski definition) is 2. The van der Waals surface area contributed by atoms with Crippen LogP contribution in [0.2, 0.25) is 0 Å². The van der Waals surface area contributed by atoms with Crippen LogP contribution in [0.5, 0.6) is 0 Å². The molecule has 3 nitrogen and oxygen atoms in total. The Morgan fingerprint density at radius 1 is 1.25 bits per heavy atom. The highest BCUT2D eigenvalue weighted by Crippen LogP contribution is 2.37. The van der Waals surface area contributed by atoms with Crippen molar-refractivity contribution >= 4 is 26.0 Å². The molecular formula is C11H12BrNO2S. The predicted octanol–water partition coefficient (Wildman–Crippen LogP) is 2.26. The van der Waals surface area contributed by atoms with E-state index in [-0.39, 0.29) is 5.25 Å². The molecule has 0 spiro atoms. The Bertz CT molecular complexity index is 537. The quantitative estimate of drug-likeness (QED) is 0.840. The van der Waals surface area contributed by atoms with Crippen LogP contribution in [-0.4, -0.2) is 18.0 Å². The molecule has 1 heterocycles. The molecule has 1 aromatic carbocycles. The van der Waals surface area contributed by atoms with Crippen molar-refractivity contribution in [3.05, 3.63) is 33.8 Å². The maximum atomic E-state index is 12.1. The lowest BCUT2D eigenvalue weighted by Crippen LogP contribution is -2.28. The van der Waals surface area contributed by atoms with Crippen molar-refractivity contribution in [2.45, 2.75) is 31.2 Å². The number of sulfonamides is 1. The van der Waals surface area contributed by atoms with Crippen molar-refractivity contribution in [3.8, 4) is 0 Å². The normalized spacial score (nSPS) is 21.1. The number of fused-ring (bicyclic) bond motifs is 1. The van der Waals surface area contributed by atoms with Gasteiger partial charge in [-0.15, -0.1) is 0 Å². The van der Waals surface area contributed by atoms with Gasteiger partial charge in [0.15, 0.2) is 0 Å². The fourth-order valence-corrected chi connectivity index (χ4v) is 4.42. The Labute approximate surface area is 104 Å². The van der Waals surface area contributed by atoms with Crippen LogP contribution in [0.1, 0.15) is 24.0 Å². The first-order chi connectivity index (χ1) is 7.59. The summed E-state index contributed by atoms with van der Waals surface area (Å²) in [6.07, 6.45) is 1.66. The molecule has 1 aliphatic heterocycles. The van der Waals surface area contributed by atoms with Gasteiger partial charge in [0.05, 0.1) is 5.25 Å². The van der Waals surface area contributed by atoms with E-state index in [1.165, 1.54) is 0 Å². The number of halogens is 1. The summed E-state index contributed by atoms with van der Waals surface area (Å²) < 4.78 is 26.8. The van der Waals surface area contributed by atoms with Crippen LogP contribution in [-0.2, 0) is 23.1 Å². The van der Waals surface area contributed by atoms with E-state index in [1.54, 1.807) is 4.31 Å². The van der Waals surface area contributed by atoms with Gasteiger partial charge in [-0.2, -0.15) is 4.31 Å². The first kappa shape index (κ1) is 10.7. The van der Waals surface area contributed by atoms with E-state index in [0.29, 0.717) is 13.1 Å². The average Bonchev–Trinajstić information content (AvgIpc) is 2.99. The van der Waals surface area contributed by atoms with Gasteiger partial charge >= 0.3 is 0 Å². The van der Waals surface area contributed by atoms with Gasteiger partial charge in [-0.3, -0.25) is 0 Å². The first-order valence-electron chi connectivity index (χ1n) is 5.34. The van der Waals surface area contributed by atoms with Gasteiger partial charge < -0.3 is 0 Å². The molecule has 3 rings (SSSR count). The molecule has 0 bridgehead atoms. The predicted molar refractivity (Wildman–Crippen MR) is 65.3 cm³/mol. The Hall–Kier alpha value is -0.390. The van der Waals surface area contributed by atoms with E-state index >= 15 is 0 Å². The molecule has 0 atom stereocenters. The number of rotatable bonds is 2. The van der Waals surface area contributed by atoms with Crippen molar-refractivity contribution in [2.24, 2.45) is 0 Å². The molecular weight excluding hydrogens is 290 g/mol. The van der Waals surface area contributed by atoms with Crippen LogP contribution in [0, 0.1) is 0 Å². The molecule has 5 heteroatoms. The second kappa shape index (κ2) is 3.55. The molecule has 2 aliphatic rings. The van der Waals surface area contributed by atoms with E-state index < -0.39 is 10.0 Å². The summed E-state index contributed by atoms with van der Waals surface area (Å²) in [5.41, 5.74) is 2.24. The third kappa shape index (κ3) is 1.61. The summed E-state index contributed by atoms with van der Waals surface area (Å²) in [6.45, 7) is 1.06. The molecule has 16 heavy (non-hydrogen) atoms. The standard InChI is InChI=1S/C11H12BrNO2S/c12-11-3-1-2-8-6-13(7-10(8)11)16(14,15)9-4-5-9/h1-3,9H,4-7H2. The molecule has 0 unspecified atom stereocenters. The van der Waals surface area contributed by atoms with Gasteiger partial charge in [0, 0.05) is 17.6 Å². The third-order valence-corrected chi connectivity index (χ3v) is 6.24. The second-order valence-corrected chi connectivity index (χ2v) is 7.46. The van der Waals surface area contributed by atoms with E-state index in [9.17, 15) is 8.42 Å². The highest BCUT2D eigenvalue weighted by molar-refractivity contribution is 9.10. The molecule has 0 radical (unpaired) electrons. The van der Waals surface area contributed by atoms with Gasteiger partial charge in [0.25, 0.3) is 0 Å². The van der Waals surface area contributed by atoms with Crippen molar-refractivity contribution in [1.82, 2.24) is 4.31 Å². The van der Waals surface area contributed by atoms with Crippen LogP contribution in [0.25, 0.3) is 0 Å². The van der Waals surface area contributed by atoms with E-state index in [0.717, 1.165) is 28.4 Å². The van der Waals surface area contributed by atoms with E-state index in [2.05, 4.69) is 15.9 Å². The first-order valence-corrected chi connectivity index (χ1v) is 7.64. The minimum atomic E-state index is -3.04. The lowest BCUT2D eigenvalue weighted by molar-refractivity contribution is 0.430. The molecule has 1 aliphatic carbocycles. The maximum Gasteiger partial charge on any atom is 0.217 e. The lowest BCUT2D eigenvalue weighted by Gasteiger charge is -2.14. The summed E-state index contributed by atoms with van der Waals surface area (Å²) in [5, 5.41) is -0.111. The van der Waals surface area contributed by atoms with Crippen LogP contribution >= 0.6 is 15.9 Å². The van der Waals surface area contributed by atoms with Crippen molar-refractivity contribution < 1.29 is 8.42 Å². The third-order valence-electron chi connectivity index (χ3n) is 3.20. The van der Waals surface area contributed by atoms with E-state index in [1.807, 2.05) is 18.2 Å². The van der Waals surface area contributed by atoms with Crippen LogP contribution in [0.15, 0.2) is 22.7 Å². The van der Waals surface area contributed by atoms with Gasteiger partial charge in [0.1, 0.15) is 0 Å². The summed E-state index contributed by atoms with van der Waals surface area (Å²) in [4.78, 5) is 0. The average molecular weight is 302 g/mol. The summed E-state index contributed by atoms with van der Waals surface area (Å²) in [5.74, 6) is 0. The zero-order chi connectivity index (χ0) is 11.3. The second-order valence-electron chi connectivity index (χ2n) is 4.39. The highest BCUT2D eigenvalue weighted by atomic mass is 79.9. The largest absolute Gasteiger partial charge is 0.217 e. The topological polar surface area (TPSA) is 37.4 Å². The SMILES string of the molecule is O=S(=O)(C1CC1)N1Cc2cccc(Br)c2C1. The molecule has 1 aromatic rings. The van der Waals surface area contributed by atoms with Gasteiger partial charge in [-0.05, 0) is 30.0 Å². The van der Waals surface area contributed by atoms with Crippen molar-refractivity contribution in [1.29, 1.82) is 0 Å². The fourth-order valence-electron chi connectivity index (χ4n) is 2.11. The molecule has 1 fully saturated rings. The fraction of sp³-hybridized carbons (Fsp3) is 0.455. The van der Waals surface area contributed by atoms with Crippen molar-refractivity contribution in [2.75, 3.05) is 0 Å². The minimum Gasteiger partial charge on any atom is -0.212 e. The molecule has 0 saturated heterocycles. The summed E-state index contributed by atoms with van der Waals surface area (Å²) in [6, 6.07) is 5.92. The zero-order valence-electron chi connectivity index (χ0n) is 8.69. The molecule has 0 N–H and O–H groups in total. The molecule has 0 aromatic heterocycles. The Kier molecular flexibility index (Phi) is 2.38. The van der Waals surface area contributed by atoms with Crippen molar-refractivity contribution in [3.63, 3.8) is 0 Å². The smallest absolute Gasteiger partial charge is 0.212 e. The molecule has 1 saturated carbocycles. The maximum absolute atomic E-state index is 12.1. The van der Waals surface area contributed by atoms with Crippen LogP contribution < -0.4 is 0 Å². The highest BCUT2D eigenvalue weighted by Gasteiger charge is 2.42. The van der Waals surface area contributed by atoms with Crippen LogP contribution in [0.3, 0.4) is 0 Å². The number of nitrogens with zero attached hydrogens (tertiary/aromatic N) is 1. The van der Waals surface area contributed by atoms with Gasteiger partial charge in [-0.25, -0.2) is 8.42 Å².